The largest absolute Gasteiger partial charge is 0.455 e. The minimum Gasteiger partial charge on any atom is -0.455 e. The number of para-hydroxylation sites is 2. The normalized spacial score (nSPS) is 12.8. The summed E-state index contributed by atoms with van der Waals surface area (Å²) < 4.78 is 6.89. The molecule has 202 valence electrons. The molecular weight excluding hydrogens is 520 g/mol. The molecule has 43 heavy (non-hydrogen) atoms. The molecule has 1 heteroatoms. The fourth-order valence-corrected chi connectivity index (χ4v) is 7.18. The van der Waals surface area contributed by atoms with Crippen molar-refractivity contribution in [3.63, 3.8) is 0 Å². The van der Waals surface area contributed by atoms with Crippen LogP contribution in [0.3, 0.4) is 0 Å². The molecule has 1 nitrogen and oxygen atoms in total. The second-order valence-corrected chi connectivity index (χ2v) is 11.5. The van der Waals surface area contributed by atoms with Crippen molar-refractivity contribution in [1.29, 1.82) is 0 Å². The highest BCUT2D eigenvalue weighted by molar-refractivity contribution is 6.24. The molecule has 0 bridgehead atoms. The van der Waals surface area contributed by atoms with Crippen LogP contribution in [0.25, 0.3) is 82.9 Å². The van der Waals surface area contributed by atoms with Crippen molar-refractivity contribution >= 4 is 49.6 Å². The highest BCUT2D eigenvalue weighted by Crippen LogP contribution is 2.47. The molecule has 7 aromatic carbocycles. The zero-order valence-corrected chi connectivity index (χ0v) is 23.7. The zero-order chi connectivity index (χ0) is 28.3. The number of fused-ring (bicyclic) bond motifs is 6. The molecule has 0 fully saturated rings. The van der Waals surface area contributed by atoms with Crippen LogP contribution in [0, 0.1) is 0 Å². The second kappa shape index (κ2) is 9.58. The lowest BCUT2D eigenvalue weighted by Crippen LogP contribution is -1.96. The Labute approximate surface area is 250 Å². The Hall–Kier alpha value is -5.40. The van der Waals surface area contributed by atoms with Crippen LogP contribution in [0.1, 0.15) is 17.5 Å². The summed E-state index contributed by atoms with van der Waals surface area (Å²) in [6, 6.07) is 48.4. The van der Waals surface area contributed by atoms with E-state index in [4.69, 9.17) is 4.42 Å². The maximum Gasteiger partial charge on any atom is 0.143 e. The number of aryl methyl sites for hydroxylation is 1. The fraction of sp³-hybridized carbons (Fsp3) is 0.0476. The van der Waals surface area contributed by atoms with E-state index in [1.165, 1.54) is 49.4 Å². The van der Waals surface area contributed by atoms with E-state index in [1.807, 2.05) is 0 Å². The van der Waals surface area contributed by atoms with E-state index in [1.54, 1.807) is 0 Å². The molecule has 0 N–H and O–H groups in total. The third-order valence-electron chi connectivity index (χ3n) is 9.12. The molecule has 1 aliphatic carbocycles. The fourth-order valence-electron chi connectivity index (χ4n) is 7.18. The molecule has 0 amide bonds. The van der Waals surface area contributed by atoms with Crippen molar-refractivity contribution in [2.45, 2.75) is 12.8 Å². The predicted octanol–water partition coefficient (Wildman–Crippen LogP) is 11.9. The van der Waals surface area contributed by atoms with Gasteiger partial charge in [-0.15, -0.1) is 0 Å². The number of allylic oxidation sites excluding steroid dienone is 1. The maximum atomic E-state index is 6.89. The summed E-state index contributed by atoms with van der Waals surface area (Å²) in [5.74, 6) is 0. The number of furan rings is 1. The van der Waals surface area contributed by atoms with Gasteiger partial charge in [-0.1, -0.05) is 146 Å². The first kappa shape index (κ1) is 24.2. The van der Waals surface area contributed by atoms with E-state index in [0.717, 1.165) is 51.5 Å². The van der Waals surface area contributed by atoms with E-state index in [0.29, 0.717) is 0 Å². The van der Waals surface area contributed by atoms with E-state index in [-0.39, 0.29) is 0 Å². The summed E-state index contributed by atoms with van der Waals surface area (Å²) in [4.78, 5) is 0. The second-order valence-electron chi connectivity index (χ2n) is 11.5. The van der Waals surface area contributed by atoms with E-state index < -0.39 is 0 Å². The lowest BCUT2D eigenvalue weighted by molar-refractivity contribution is 0.671. The lowest BCUT2D eigenvalue weighted by Gasteiger charge is -2.19. The van der Waals surface area contributed by atoms with Gasteiger partial charge in [-0.3, -0.25) is 0 Å². The molecule has 0 saturated carbocycles. The molecular formula is C42H28O. The topological polar surface area (TPSA) is 13.1 Å². The van der Waals surface area contributed by atoms with E-state index in [2.05, 4.69) is 146 Å². The van der Waals surface area contributed by atoms with Crippen LogP contribution >= 0.6 is 0 Å². The van der Waals surface area contributed by atoms with Gasteiger partial charge in [0.05, 0.1) is 0 Å². The zero-order valence-electron chi connectivity index (χ0n) is 23.7. The van der Waals surface area contributed by atoms with Gasteiger partial charge in [-0.05, 0) is 62.2 Å². The lowest BCUT2D eigenvalue weighted by atomic mass is 9.84. The molecule has 9 rings (SSSR count). The summed E-state index contributed by atoms with van der Waals surface area (Å²) >= 11 is 0. The molecule has 8 aromatic rings. The molecule has 0 aliphatic heterocycles. The minimum absolute atomic E-state index is 0.935. The van der Waals surface area contributed by atoms with Gasteiger partial charge in [0.1, 0.15) is 11.2 Å². The monoisotopic (exact) mass is 548 g/mol. The summed E-state index contributed by atoms with van der Waals surface area (Å²) in [6.45, 7) is 0. The Morgan fingerprint density at radius 1 is 0.442 bits per heavy atom. The van der Waals surface area contributed by atoms with E-state index in [9.17, 15) is 0 Å². The average molecular weight is 549 g/mol. The number of hydrogen-bond acceptors (Lipinski definition) is 1. The Morgan fingerprint density at radius 3 is 1.72 bits per heavy atom. The Balaban J connectivity index is 1.37. The first-order valence-electron chi connectivity index (χ1n) is 15.1. The maximum absolute atomic E-state index is 6.89. The summed E-state index contributed by atoms with van der Waals surface area (Å²) in [5.41, 5.74) is 11.9. The van der Waals surface area contributed by atoms with Gasteiger partial charge in [-0.2, -0.15) is 0 Å². The number of rotatable bonds is 3. The van der Waals surface area contributed by atoms with Crippen LogP contribution in [-0.4, -0.2) is 0 Å². The molecule has 1 aromatic heterocycles. The van der Waals surface area contributed by atoms with Gasteiger partial charge in [-0.25, -0.2) is 0 Å². The van der Waals surface area contributed by atoms with Gasteiger partial charge in [0, 0.05) is 27.5 Å². The highest BCUT2D eigenvalue weighted by atomic mass is 16.3. The standard InChI is InChI=1S/C42H28O/c1-2-13-28(14-3-1)31-20-10-21-36-37-22-11-23-38(42(37)43-41(31)36)40-34-18-8-6-16-32(34)39(33-17-7-9-19-35(33)40)30-25-24-27-12-4-5-15-29(27)26-30/h1-4,6-14,16-26H,5,15H2. The molecule has 0 atom stereocenters. The molecule has 1 heterocycles. The van der Waals surface area contributed by atoms with Gasteiger partial charge < -0.3 is 4.42 Å². The van der Waals surface area contributed by atoms with Crippen LogP contribution in [0.5, 0.6) is 0 Å². The minimum atomic E-state index is 0.935. The molecule has 1 aliphatic rings. The highest BCUT2D eigenvalue weighted by Gasteiger charge is 2.21. The van der Waals surface area contributed by atoms with Crippen LogP contribution in [0.2, 0.25) is 0 Å². The van der Waals surface area contributed by atoms with Crippen molar-refractivity contribution in [1.82, 2.24) is 0 Å². The van der Waals surface area contributed by atoms with Gasteiger partial charge in [0.25, 0.3) is 0 Å². The average Bonchev–Trinajstić information content (AvgIpc) is 3.47. The van der Waals surface area contributed by atoms with Gasteiger partial charge >= 0.3 is 0 Å². The van der Waals surface area contributed by atoms with Crippen molar-refractivity contribution in [2.24, 2.45) is 0 Å². The molecule has 0 saturated heterocycles. The summed E-state index contributed by atoms with van der Waals surface area (Å²) in [5, 5.41) is 7.30. The van der Waals surface area contributed by atoms with Crippen LogP contribution in [0.15, 0.2) is 144 Å². The van der Waals surface area contributed by atoms with Crippen molar-refractivity contribution in [2.75, 3.05) is 0 Å². The van der Waals surface area contributed by atoms with Crippen molar-refractivity contribution in [3.8, 4) is 33.4 Å². The Morgan fingerprint density at radius 2 is 1.02 bits per heavy atom. The van der Waals surface area contributed by atoms with Gasteiger partial charge in [0.2, 0.25) is 0 Å². The summed E-state index contributed by atoms with van der Waals surface area (Å²) in [7, 11) is 0. The molecule has 0 radical (unpaired) electrons. The molecule has 0 spiro atoms. The smallest absolute Gasteiger partial charge is 0.143 e. The Kier molecular flexibility index (Phi) is 5.39. The third kappa shape index (κ3) is 3.72. The number of benzene rings is 7. The van der Waals surface area contributed by atoms with Crippen molar-refractivity contribution < 1.29 is 4.42 Å². The van der Waals surface area contributed by atoms with Crippen LogP contribution in [0.4, 0.5) is 0 Å². The number of hydrogen-bond donors (Lipinski definition) is 0. The third-order valence-corrected chi connectivity index (χ3v) is 9.12. The summed E-state index contributed by atoms with van der Waals surface area (Å²) in [6.07, 6.45) is 6.74. The first-order chi connectivity index (χ1) is 21.3. The van der Waals surface area contributed by atoms with Crippen molar-refractivity contribution in [3.05, 3.63) is 151 Å². The Bertz CT molecular complexity index is 2330. The van der Waals surface area contributed by atoms with Crippen LogP contribution < -0.4 is 0 Å². The van der Waals surface area contributed by atoms with Crippen LogP contribution in [-0.2, 0) is 6.42 Å². The first-order valence-corrected chi connectivity index (χ1v) is 15.1. The SMILES string of the molecule is C1=Cc2ccc(-c3c4ccccc4c(-c4cccc5c4oc4c(-c6ccccc6)cccc45)c4ccccc34)cc2CC1. The molecule has 0 unspecified atom stereocenters. The van der Waals surface area contributed by atoms with E-state index >= 15 is 0 Å². The van der Waals surface area contributed by atoms with Gasteiger partial charge in [0.15, 0.2) is 0 Å². The predicted molar refractivity (Wildman–Crippen MR) is 182 cm³/mol. The quantitative estimate of drug-likeness (QED) is 0.200.